The van der Waals surface area contributed by atoms with E-state index in [0.717, 1.165) is 16.5 Å². The maximum atomic E-state index is 11.9. The summed E-state index contributed by atoms with van der Waals surface area (Å²) in [7, 11) is 0. The van der Waals surface area contributed by atoms with E-state index in [-0.39, 0.29) is 18.4 Å². The van der Waals surface area contributed by atoms with Crippen LogP contribution in [0.25, 0.3) is 10.8 Å². The number of esters is 1. The number of hydrogen-bond acceptors (Lipinski definition) is 5. The summed E-state index contributed by atoms with van der Waals surface area (Å²) < 4.78 is 5.05. The van der Waals surface area contributed by atoms with Crippen molar-refractivity contribution in [2.45, 2.75) is 13.8 Å². The number of aryl methyl sites for hydroxylation is 1. The Kier molecular flexibility index (Phi) is 5.58. The molecule has 0 amide bonds. The number of ether oxygens (including phenoxy) is 1. The number of aromatic nitrogens is 1. The predicted octanol–water partition coefficient (Wildman–Crippen LogP) is 4.95. The Morgan fingerprint density at radius 2 is 1.96 bits per heavy atom. The molecule has 0 unspecified atom stereocenters. The van der Waals surface area contributed by atoms with Crippen LogP contribution >= 0.6 is 23.7 Å². The number of hydrogen-bond donors (Lipinski definition) is 1. The normalized spacial score (nSPS) is 10.2. The Balaban J connectivity index is 0.00000192. The van der Waals surface area contributed by atoms with E-state index in [1.165, 1.54) is 11.3 Å². The van der Waals surface area contributed by atoms with Gasteiger partial charge in [-0.15, -0.1) is 12.4 Å². The Morgan fingerprint density at radius 3 is 2.74 bits per heavy atom. The molecule has 0 atom stereocenters. The lowest BCUT2D eigenvalue weighted by molar-refractivity contribution is 0.0531. The summed E-state index contributed by atoms with van der Waals surface area (Å²) in [5.41, 5.74) is 1.66. The van der Waals surface area contributed by atoms with Crippen LogP contribution in [0.4, 0.5) is 10.8 Å². The fraction of sp³-hybridized carbons (Fsp3) is 0.176. The second-order valence-electron chi connectivity index (χ2n) is 4.81. The molecule has 4 nitrogen and oxygen atoms in total. The van der Waals surface area contributed by atoms with Crippen molar-refractivity contribution in [2.75, 3.05) is 11.9 Å². The lowest BCUT2D eigenvalue weighted by Gasteiger charge is -2.06. The van der Waals surface area contributed by atoms with Gasteiger partial charge in [0, 0.05) is 11.1 Å². The SMILES string of the molecule is CCOC(=O)c1sc(Nc2cccc3ccccc23)nc1C.Cl. The third kappa shape index (κ3) is 3.63. The van der Waals surface area contributed by atoms with Crippen molar-refractivity contribution in [3.63, 3.8) is 0 Å². The molecule has 3 rings (SSSR count). The summed E-state index contributed by atoms with van der Waals surface area (Å²) in [5.74, 6) is -0.316. The van der Waals surface area contributed by atoms with Gasteiger partial charge in [0.25, 0.3) is 0 Å². The van der Waals surface area contributed by atoms with Crippen LogP contribution in [0, 0.1) is 6.92 Å². The molecule has 0 saturated heterocycles. The lowest BCUT2D eigenvalue weighted by Crippen LogP contribution is -2.03. The molecule has 0 aliphatic rings. The van der Waals surface area contributed by atoms with E-state index in [9.17, 15) is 4.79 Å². The largest absolute Gasteiger partial charge is 0.462 e. The van der Waals surface area contributed by atoms with Gasteiger partial charge < -0.3 is 10.1 Å². The topological polar surface area (TPSA) is 51.2 Å². The molecule has 1 aromatic heterocycles. The van der Waals surface area contributed by atoms with Gasteiger partial charge in [0.15, 0.2) is 5.13 Å². The van der Waals surface area contributed by atoms with Gasteiger partial charge in [-0.1, -0.05) is 47.7 Å². The second-order valence-corrected chi connectivity index (χ2v) is 5.80. The van der Waals surface area contributed by atoms with Crippen LogP contribution < -0.4 is 5.32 Å². The quantitative estimate of drug-likeness (QED) is 0.678. The van der Waals surface area contributed by atoms with E-state index in [1.807, 2.05) is 31.2 Å². The number of carbonyl (C=O) groups excluding carboxylic acids is 1. The van der Waals surface area contributed by atoms with E-state index >= 15 is 0 Å². The first kappa shape index (κ1) is 17.2. The third-order valence-corrected chi connectivity index (χ3v) is 4.34. The first-order valence-electron chi connectivity index (χ1n) is 7.08. The Labute approximate surface area is 144 Å². The van der Waals surface area contributed by atoms with Gasteiger partial charge in [-0.2, -0.15) is 0 Å². The highest BCUT2D eigenvalue weighted by molar-refractivity contribution is 7.17. The maximum Gasteiger partial charge on any atom is 0.350 e. The zero-order chi connectivity index (χ0) is 15.5. The van der Waals surface area contributed by atoms with Gasteiger partial charge in [0.05, 0.1) is 12.3 Å². The van der Waals surface area contributed by atoms with Crippen LogP contribution in [0.3, 0.4) is 0 Å². The average molecular weight is 349 g/mol. The Hall–Kier alpha value is -2.11. The second kappa shape index (κ2) is 7.44. The molecule has 0 aliphatic heterocycles. The fourth-order valence-corrected chi connectivity index (χ4v) is 3.16. The smallest absolute Gasteiger partial charge is 0.350 e. The highest BCUT2D eigenvalue weighted by Crippen LogP contribution is 2.30. The summed E-state index contributed by atoms with van der Waals surface area (Å²) in [6.45, 7) is 3.98. The van der Waals surface area contributed by atoms with Crippen molar-refractivity contribution in [1.29, 1.82) is 0 Å². The molecule has 120 valence electrons. The van der Waals surface area contributed by atoms with Crippen LogP contribution in [0.2, 0.25) is 0 Å². The number of nitrogens with zero attached hydrogens (tertiary/aromatic N) is 1. The number of anilines is 2. The molecule has 1 N–H and O–H groups in total. The van der Waals surface area contributed by atoms with Gasteiger partial charge in [-0.05, 0) is 25.3 Å². The van der Waals surface area contributed by atoms with Crippen molar-refractivity contribution in [3.05, 3.63) is 53.0 Å². The molecule has 0 radical (unpaired) electrons. The standard InChI is InChI=1S/C17H16N2O2S.ClH/c1-3-21-16(20)15-11(2)18-17(22-15)19-14-10-6-8-12-7-4-5-9-13(12)14;/h4-10H,3H2,1-2H3,(H,18,19);1H. The monoisotopic (exact) mass is 348 g/mol. The number of nitrogens with one attached hydrogen (secondary N) is 1. The number of fused-ring (bicyclic) bond motifs is 1. The third-order valence-electron chi connectivity index (χ3n) is 3.29. The lowest BCUT2D eigenvalue weighted by atomic mass is 10.1. The number of thiazole rings is 1. The van der Waals surface area contributed by atoms with Gasteiger partial charge in [0.1, 0.15) is 4.88 Å². The van der Waals surface area contributed by atoms with Crippen molar-refractivity contribution in [1.82, 2.24) is 4.98 Å². The van der Waals surface area contributed by atoms with Gasteiger partial charge in [0.2, 0.25) is 0 Å². The molecule has 23 heavy (non-hydrogen) atoms. The zero-order valence-electron chi connectivity index (χ0n) is 12.8. The van der Waals surface area contributed by atoms with E-state index in [0.29, 0.717) is 22.3 Å². The maximum absolute atomic E-state index is 11.9. The summed E-state index contributed by atoms with van der Waals surface area (Å²) in [5, 5.41) is 6.28. The van der Waals surface area contributed by atoms with Gasteiger partial charge >= 0.3 is 5.97 Å². The molecule has 0 spiro atoms. The minimum Gasteiger partial charge on any atom is -0.462 e. The highest BCUT2D eigenvalue weighted by atomic mass is 35.5. The molecular formula is C17H17ClN2O2S. The minimum atomic E-state index is -0.316. The molecule has 2 aromatic carbocycles. The summed E-state index contributed by atoms with van der Waals surface area (Å²) in [4.78, 5) is 16.8. The fourth-order valence-electron chi connectivity index (χ4n) is 2.29. The van der Waals surface area contributed by atoms with Crippen molar-refractivity contribution in [2.24, 2.45) is 0 Å². The first-order chi connectivity index (χ1) is 10.7. The van der Waals surface area contributed by atoms with E-state index in [1.54, 1.807) is 6.92 Å². The average Bonchev–Trinajstić information content (AvgIpc) is 2.89. The highest BCUT2D eigenvalue weighted by Gasteiger charge is 2.16. The molecule has 0 fully saturated rings. The predicted molar refractivity (Wildman–Crippen MR) is 97.3 cm³/mol. The van der Waals surface area contributed by atoms with Crippen LogP contribution in [0.1, 0.15) is 22.3 Å². The number of halogens is 1. The Morgan fingerprint density at radius 1 is 1.22 bits per heavy atom. The van der Waals surface area contributed by atoms with E-state index in [2.05, 4.69) is 28.5 Å². The van der Waals surface area contributed by atoms with Crippen molar-refractivity contribution < 1.29 is 9.53 Å². The van der Waals surface area contributed by atoms with Crippen LogP contribution in [-0.4, -0.2) is 17.6 Å². The summed E-state index contributed by atoms with van der Waals surface area (Å²) >= 11 is 1.31. The minimum absolute atomic E-state index is 0. The molecular weight excluding hydrogens is 332 g/mol. The van der Waals surface area contributed by atoms with Gasteiger partial charge in [-0.3, -0.25) is 0 Å². The van der Waals surface area contributed by atoms with Crippen LogP contribution in [0.5, 0.6) is 0 Å². The molecule has 0 aliphatic carbocycles. The molecule has 0 saturated carbocycles. The first-order valence-corrected chi connectivity index (χ1v) is 7.90. The molecule has 3 aromatic rings. The van der Waals surface area contributed by atoms with Crippen molar-refractivity contribution in [3.8, 4) is 0 Å². The Bertz CT molecular complexity index is 827. The zero-order valence-corrected chi connectivity index (χ0v) is 14.5. The van der Waals surface area contributed by atoms with Gasteiger partial charge in [-0.25, -0.2) is 9.78 Å². The van der Waals surface area contributed by atoms with E-state index < -0.39 is 0 Å². The van der Waals surface area contributed by atoms with Crippen LogP contribution in [-0.2, 0) is 4.74 Å². The summed E-state index contributed by atoms with van der Waals surface area (Å²) in [6.07, 6.45) is 0. The molecule has 1 heterocycles. The summed E-state index contributed by atoms with van der Waals surface area (Å²) in [6, 6.07) is 14.2. The molecule has 0 bridgehead atoms. The number of rotatable bonds is 4. The number of benzene rings is 2. The molecule has 6 heteroatoms. The van der Waals surface area contributed by atoms with E-state index in [4.69, 9.17) is 4.74 Å². The van der Waals surface area contributed by atoms with Crippen LogP contribution in [0.15, 0.2) is 42.5 Å². The van der Waals surface area contributed by atoms with Crippen molar-refractivity contribution >= 4 is 51.3 Å². The number of carbonyl (C=O) groups is 1.